The topological polar surface area (TPSA) is 77.8 Å². The van der Waals surface area contributed by atoms with E-state index in [1.54, 1.807) is 15.9 Å². The van der Waals surface area contributed by atoms with Gasteiger partial charge in [-0.2, -0.15) is 11.3 Å². The molecule has 1 aliphatic carbocycles. The SMILES string of the molecule is COC(=O)c1c(OCCc2ccsc2)cc(=O)n2c1CCN(C(=O)C1CC1)CC2. The molecule has 2 aliphatic rings. The highest BCUT2D eigenvalue weighted by Gasteiger charge is 2.35. The van der Waals surface area contributed by atoms with Crippen molar-refractivity contribution in [1.82, 2.24) is 9.47 Å². The first kappa shape index (κ1) is 19.7. The molecule has 1 fully saturated rings. The molecule has 8 heteroatoms. The average Bonchev–Trinajstić information content (AvgIpc) is 3.48. The molecule has 0 bridgehead atoms. The van der Waals surface area contributed by atoms with Crippen molar-refractivity contribution in [3.63, 3.8) is 0 Å². The van der Waals surface area contributed by atoms with Gasteiger partial charge in [-0.05, 0) is 35.2 Å². The van der Waals surface area contributed by atoms with Gasteiger partial charge in [0.1, 0.15) is 11.3 Å². The van der Waals surface area contributed by atoms with Crippen LogP contribution < -0.4 is 10.3 Å². The summed E-state index contributed by atoms with van der Waals surface area (Å²) in [6.07, 6.45) is 2.99. The largest absolute Gasteiger partial charge is 0.492 e. The van der Waals surface area contributed by atoms with Gasteiger partial charge in [-0.25, -0.2) is 4.79 Å². The van der Waals surface area contributed by atoms with E-state index in [0.29, 0.717) is 44.8 Å². The molecule has 3 heterocycles. The predicted molar refractivity (Wildman–Crippen MR) is 109 cm³/mol. The summed E-state index contributed by atoms with van der Waals surface area (Å²) in [4.78, 5) is 39.6. The van der Waals surface area contributed by atoms with Gasteiger partial charge < -0.3 is 18.9 Å². The molecule has 0 atom stereocenters. The fraction of sp³-hybridized carbons (Fsp3) is 0.476. The molecule has 0 aromatic carbocycles. The van der Waals surface area contributed by atoms with Crippen LogP contribution in [0.1, 0.15) is 34.5 Å². The number of thiophene rings is 1. The van der Waals surface area contributed by atoms with Crippen molar-refractivity contribution in [2.45, 2.75) is 32.2 Å². The maximum absolute atomic E-state index is 12.7. The first-order valence-corrected chi connectivity index (χ1v) is 10.8. The number of nitrogens with zero attached hydrogens (tertiary/aromatic N) is 2. The zero-order valence-electron chi connectivity index (χ0n) is 16.4. The Hall–Kier alpha value is -2.61. The highest BCUT2D eigenvalue weighted by molar-refractivity contribution is 7.07. The Balaban J connectivity index is 1.60. The number of pyridine rings is 1. The number of hydrogen-bond acceptors (Lipinski definition) is 6. The second-order valence-corrected chi connectivity index (χ2v) is 8.17. The Morgan fingerprint density at radius 3 is 2.76 bits per heavy atom. The van der Waals surface area contributed by atoms with Crippen molar-refractivity contribution >= 4 is 23.2 Å². The number of esters is 1. The first-order valence-electron chi connectivity index (χ1n) is 9.86. The third-order valence-corrected chi connectivity index (χ3v) is 6.18. The van der Waals surface area contributed by atoms with E-state index in [1.165, 1.54) is 13.2 Å². The monoisotopic (exact) mass is 416 g/mol. The molecule has 2 aromatic rings. The second-order valence-electron chi connectivity index (χ2n) is 7.39. The van der Waals surface area contributed by atoms with E-state index in [9.17, 15) is 14.4 Å². The Morgan fingerprint density at radius 2 is 2.07 bits per heavy atom. The van der Waals surface area contributed by atoms with Gasteiger partial charge in [0.15, 0.2) is 0 Å². The molecule has 4 rings (SSSR count). The van der Waals surface area contributed by atoms with E-state index in [0.717, 1.165) is 18.4 Å². The third-order valence-electron chi connectivity index (χ3n) is 5.45. The van der Waals surface area contributed by atoms with Gasteiger partial charge in [0.25, 0.3) is 5.56 Å². The minimum atomic E-state index is -0.527. The number of ether oxygens (including phenoxy) is 2. The summed E-state index contributed by atoms with van der Waals surface area (Å²) in [5, 5.41) is 4.04. The lowest BCUT2D eigenvalue weighted by Crippen LogP contribution is -2.35. The summed E-state index contributed by atoms with van der Waals surface area (Å²) in [6, 6.07) is 3.38. The zero-order chi connectivity index (χ0) is 20.4. The van der Waals surface area contributed by atoms with Crippen LogP contribution in [0.5, 0.6) is 5.75 Å². The summed E-state index contributed by atoms with van der Waals surface area (Å²) in [7, 11) is 1.32. The van der Waals surface area contributed by atoms with Gasteiger partial charge in [-0.15, -0.1) is 0 Å². The molecule has 1 amide bonds. The number of fused-ring (bicyclic) bond motifs is 1. The number of rotatable bonds is 6. The van der Waals surface area contributed by atoms with Crippen LogP contribution >= 0.6 is 11.3 Å². The number of amides is 1. The molecule has 0 radical (unpaired) electrons. The molecule has 0 saturated heterocycles. The number of aromatic nitrogens is 1. The van der Waals surface area contributed by atoms with E-state index >= 15 is 0 Å². The summed E-state index contributed by atoms with van der Waals surface area (Å²) in [5.74, 6) is 0.00766. The molecule has 154 valence electrons. The Bertz CT molecular complexity index is 962. The summed E-state index contributed by atoms with van der Waals surface area (Å²) < 4.78 is 12.4. The van der Waals surface area contributed by atoms with Crippen molar-refractivity contribution in [2.24, 2.45) is 5.92 Å². The molecular weight excluding hydrogens is 392 g/mol. The van der Waals surface area contributed by atoms with Gasteiger partial charge in [0.05, 0.1) is 13.7 Å². The molecule has 2 aromatic heterocycles. The van der Waals surface area contributed by atoms with E-state index < -0.39 is 5.97 Å². The van der Waals surface area contributed by atoms with Crippen molar-refractivity contribution in [1.29, 1.82) is 0 Å². The van der Waals surface area contributed by atoms with E-state index in [4.69, 9.17) is 9.47 Å². The van der Waals surface area contributed by atoms with Gasteiger partial charge >= 0.3 is 5.97 Å². The van der Waals surface area contributed by atoms with Crippen LogP contribution in [0, 0.1) is 5.92 Å². The van der Waals surface area contributed by atoms with E-state index in [-0.39, 0.29) is 28.7 Å². The predicted octanol–water partition coefficient (Wildman–Crippen LogP) is 2.11. The molecule has 0 unspecified atom stereocenters. The van der Waals surface area contributed by atoms with E-state index in [1.807, 2.05) is 21.7 Å². The summed E-state index contributed by atoms with van der Waals surface area (Å²) in [5.41, 5.74) is 1.80. The molecule has 0 N–H and O–H groups in total. The molecule has 1 saturated carbocycles. The third kappa shape index (κ3) is 4.22. The first-order chi connectivity index (χ1) is 14.1. The molecular formula is C21H24N2O5S. The van der Waals surface area contributed by atoms with Gasteiger partial charge in [0.2, 0.25) is 5.91 Å². The highest BCUT2D eigenvalue weighted by atomic mass is 32.1. The lowest BCUT2D eigenvalue weighted by molar-refractivity contribution is -0.132. The smallest absolute Gasteiger partial charge is 0.343 e. The number of carbonyl (C=O) groups is 2. The Morgan fingerprint density at radius 1 is 1.24 bits per heavy atom. The van der Waals surface area contributed by atoms with Gasteiger partial charge in [-0.1, -0.05) is 0 Å². The van der Waals surface area contributed by atoms with Crippen LogP contribution in [0.2, 0.25) is 0 Å². The van der Waals surface area contributed by atoms with Gasteiger partial charge in [0, 0.05) is 50.2 Å². The summed E-state index contributed by atoms with van der Waals surface area (Å²) >= 11 is 1.61. The van der Waals surface area contributed by atoms with Crippen LogP contribution in [-0.4, -0.2) is 48.1 Å². The Labute approximate surface area is 172 Å². The maximum atomic E-state index is 12.7. The molecule has 1 aliphatic heterocycles. The van der Waals surface area contributed by atoms with Crippen molar-refractivity contribution in [3.8, 4) is 5.75 Å². The lowest BCUT2D eigenvalue weighted by atomic mass is 10.1. The highest BCUT2D eigenvalue weighted by Crippen LogP contribution is 2.32. The van der Waals surface area contributed by atoms with Gasteiger partial charge in [-0.3, -0.25) is 9.59 Å². The maximum Gasteiger partial charge on any atom is 0.343 e. The average molecular weight is 416 g/mol. The fourth-order valence-electron chi connectivity index (χ4n) is 3.71. The molecule has 0 spiro atoms. The van der Waals surface area contributed by atoms with Crippen molar-refractivity contribution in [3.05, 3.63) is 50.1 Å². The van der Waals surface area contributed by atoms with Crippen LogP contribution in [0.4, 0.5) is 0 Å². The lowest BCUT2D eigenvalue weighted by Gasteiger charge is -2.19. The van der Waals surface area contributed by atoms with Crippen LogP contribution in [0.25, 0.3) is 0 Å². The second kappa shape index (κ2) is 8.41. The van der Waals surface area contributed by atoms with Crippen LogP contribution in [0.3, 0.4) is 0 Å². The minimum absolute atomic E-state index is 0.129. The number of carbonyl (C=O) groups excluding carboxylic acids is 2. The molecule has 7 nitrogen and oxygen atoms in total. The number of methoxy groups -OCH3 is 1. The summed E-state index contributed by atoms with van der Waals surface area (Å²) in [6.45, 7) is 1.68. The van der Waals surface area contributed by atoms with Crippen molar-refractivity contribution in [2.75, 3.05) is 26.8 Å². The minimum Gasteiger partial charge on any atom is -0.492 e. The van der Waals surface area contributed by atoms with Crippen LogP contribution in [-0.2, 0) is 28.9 Å². The van der Waals surface area contributed by atoms with Crippen LogP contribution in [0.15, 0.2) is 27.7 Å². The standard InChI is InChI=1S/C21H24N2O5S/c1-27-21(26)19-16-4-7-22(20(25)15-2-3-15)8-9-23(16)18(24)12-17(19)28-10-5-14-6-11-29-13-14/h6,11-13,15H,2-5,7-10H2,1H3. The molecule has 29 heavy (non-hydrogen) atoms. The number of hydrogen-bond donors (Lipinski definition) is 0. The zero-order valence-corrected chi connectivity index (χ0v) is 17.2. The van der Waals surface area contributed by atoms with Crippen molar-refractivity contribution < 1.29 is 19.1 Å². The quantitative estimate of drug-likeness (QED) is 0.674. The normalized spacial score (nSPS) is 16.1. The fourth-order valence-corrected chi connectivity index (χ4v) is 4.41. The Kier molecular flexibility index (Phi) is 5.71. The van der Waals surface area contributed by atoms with E-state index in [2.05, 4.69) is 0 Å².